The molecular weight excluding hydrogens is 290 g/mol. The summed E-state index contributed by atoms with van der Waals surface area (Å²) in [6.07, 6.45) is 0. The van der Waals surface area contributed by atoms with E-state index in [9.17, 15) is 9.59 Å². The van der Waals surface area contributed by atoms with Gasteiger partial charge in [-0.05, 0) is 44.5 Å². The molecule has 0 aliphatic heterocycles. The summed E-state index contributed by atoms with van der Waals surface area (Å²) < 4.78 is 0. The van der Waals surface area contributed by atoms with Crippen LogP contribution in [0, 0.1) is 13.8 Å². The Bertz CT molecular complexity index is 738. The second kappa shape index (κ2) is 7.13. The van der Waals surface area contributed by atoms with Gasteiger partial charge in [-0.3, -0.25) is 9.59 Å². The van der Waals surface area contributed by atoms with Crippen LogP contribution in [0.15, 0.2) is 41.2 Å². The van der Waals surface area contributed by atoms with Crippen LogP contribution in [0.3, 0.4) is 0 Å². The minimum atomic E-state index is -0.343. The number of hydrogen-bond donors (Lipinski definition) is 2. The highest BCUT2D eigenvalue weighted by molar-refractivity contribution is 5.95. The molecule has 2 rings (SSSR count). The predicted octanol–water partition coefficient (Wildman–Crippen LogP) is 2.25. The summed E-state index contributed by atoms with van der Waals surface area (Å²) in [5, 5.41) is 2.85. The van der Waals surface area contributed by atoms with Gasteiger partial charge in [0, 0.05) is 31.0 Å². The maximum Gasteiger partial charge on any atom is 0.261 e. The summed E-state index contributed by atoms with van der Waals surface area (Å²) in [5.41, 5.74) is 2.36. The van der Waals surface area contributed by atoms with E-state index in [1.807, 2.05) is 44.3 Å². The molecule has 5 nitrogen and oxygen atoms in total. The smallest absolute Gasteiger partial charge is 0.261 e. The van der Waals surface area contributed by atoms with Gasteiger partial charge in [-0.1, -0.05) is 18.2 Å². The number of likely N-dealkylation sites (N-methyl/N-ethyl adjacent to an activating group) is 1. The topological polar surface area (TPSA) is 65.2 Å². The van der Waals surface area contributed by atoms with Crippen molar-refractivity contribution in [1.29, 1.82) is 0 Å². The van der Waals surface area contributed by atoms with E-state index in [4.69, 9.17) is 0 Å². The molecule has 0 unspecified atom stereocenters. The van der Waals surface area contributed by atoms with Crippen LogP contribution in [-0.4, -0.2) is 30.5 Å². The van der Waals surface area contributed by atoms with E-state index >= 15 is 0 Å². The molecule has 0 saturated carbocycles. The van der Waals surface area contributed by atoms with Gasteiger partial charge in [0.25, 0.3) is 11.5 Å². The number of nitrogens with one attached hydrogen (secondary N) is 2. The Hall–Kier alpha value is -2.56. The summed E-state index contributed by atoms with van der Waals surface area (Å²) >= 11 is 0. The molecule has 5 heteroatoms. The molecule has 0 spiro atoms. The number of aromatic nitrogens is 1. The monoisotopic (exact) mass is 313 g/mol. The summed E-state index contributed by atoms with van der Waals surface area (Å²) in [6, 6.07) is 11.9. The van der Waals surface area contributed by atoms with E-state index in [-0.39, 0.29) is 23.1 Å². The summed E-state index contributed by atoms with van der Waals surface area (Å²) in [6.45, 7) is 6.06. The maximum absolute atomic E-state index is 12.3. The molecule has 122 valence electrons. The van der Waals surface area contributed by atoms with E-state index in [1.54, 1.807) is 19.9 Å². The normalized spacial score (nSPS) is 11.8. The van der Waals surface area contributed by atoms with Crippen molar-refractivity contribution in [3.8, 4) is 0 Å². The molecule has 23 heavy (non-hydrogen) atoms. The first-order valence-corrected chi connectivity index (χ1v) is 7.66. The molecular formula is C18H23N3O2. The number of amides is 1. The fourth-order valence-electron chi connectivity index (χ4n) is 2.52. The molecule has 0 bridgehead atoms. The third kappa shape index (κ3) is 4.00. The lowest BCUT2D eigenvalue weighted by Crippen LogP contribution is -2.41. The van der Waals surface area contributed by atoms with Crippen molar-refractivity contribution in [1.82, 2.24) is 10.3 Å². The summed E-state index contributed by atoms with van der Waals surface area (Å²) in [7, 11) is 1.98. The van der Waals surface area contributed by atoms with Crippen LogP contribution in [0.5, 0.6) is 0 Å². The number of carbonyl (C=O) groups is 1. The standard InChI is InChI=1S/C18H23N3O2/c1-12-10-13(2)20-18(23)16(12)17(22)19-11-14(3)21(4)15-8-6-5-7-9-15/h5-10,14H,11H2,1-4H3,(H,19,22)(H,20,23)/t14-/m1/s1. The Labute approximate surface area is 136 Å². The number of aryl methyl sites for hydroxylation is 2. The molecule has 0 fully saturated rings. The van der Waals surface area contributed by atoms with Gasteiger partial charge in [0.1, 0.15) is 5.56 Å². The fourth-order valence-corrected chi connectivity index (χ4v) is 2.52. The number of carbonyl (C=O) groups excluding carboxylic acids is 1. The SMILES string of the molecule is Cc1cc(C)c(C(=O)NC[C@@H](C)N(C)c2ccccc2)c(=O)[nH]1. The first-order valence-electron chi connectivity index (χ1n) is 7.66. The number of benzene rings is 1. The molecule has 0 saturated heterocycles. The van der Waals surface area contributed by atoms with Gasteiger partial charge in [0.2, 0.25) is 0 Å². The van der Waals surface area contributed by atoms with Crippen molar-refractivity contribution >= 4 is 11.6 Å². The zero-order valence-corrected chi connectivity index (χ0v) is 14.0. The number of aromatic amines is 1. The number of para-hydroxylation sites is 1. The number of nitrogens with zero attached hydrogens (tertiary/aromatic N) is 1. The van der Waals surface area contributed by atoms with Gasteiger partial charge >= 0.3 is 0 Å². The van der Waals surface area contributed by atoms with Crippen molar-refractivity contribution in [2.45, 2.75) is 26.8 Å². The van der Waals surface area contributed by atoms with Crippen molar-refractivity contribution in [3.63, 3.8) is 0 Å². The first-order chi connectivity index (χ1) is 10.9. The van der Waals surface area contributed by atoms with Gasteiger partial charge in [0.15, 0.2) is 0 Å². The highest BCUT2D eigenvalue weighted by Crippen LogP contribution is 2.13. The quantitative estimate of drug-likeness (QED) is 0.890. The van der Waals surface area contributed by atoms with E-state index < -0.39 is 0 Å². The first kappa shape index (κ1) is 16.8. The van der Waals surface area contributed by atoms with Crippen LogP contribution < -0.4 is 15.8 Å². The number of rotatable bonds is 5. The van der Waals surface area contributed by atoms with Crippen LogP contribution >= 0.6 is 0 Å². The Balaban J connectivity index is 2.03. The van der Waals surface area contributed by atoms with Gasteiger partial charge in [-0.2, -0.15) is 0 Å². The molecule has 0 aliphatic carbocycles. The number of pyridine rings is 1. The van der Waals surface area contributed by atoms with Crippen LogP contribution in [0.25, 0.3) is 0 Å². The lowest BCUT2D eigenvalue weighted by Gasteiger charge is -2.27. The fraction of sp³-hybridized carbons (Fsp3) is 0.333. The zero-order chi connectivity index (χ0) is 17.0. The van der Waals surface area contributed by atoms with Gasteiger partial charge < -0.3 is 15.2 Å². The maximum atomic E-state index is 12.3. The molecule has 1 aromatic carbocycles. The van der Waals surface area contributed by atoms with E-state index in [2.05, 4.69) is 15.2 Å². The van der Waals surface area contributed by atoms with Crippen molar-refractivity contribution in [2.75, 3.05) is 18.5 Å². The second-order valence-corrected chi connectivity index (χ2v) is 5.84. The minimum Gasteiger partial charge on any atom is -0.370 e. The molecule has 1 aromatic heterocycles. The largest absolute Gasteiger partial charge is 0.370 e. The predicted molar refractivity (Wildman–Crippen MR) is 93.2 cm³/mol. The van der Waals surface area contributed by atoms with Crippen LogP contribution in [0.1, 0.15) is 28.5 Å². The molecule has 0 radical (unpaired) electrons. The van der Waals surface area contributed by atoms with Crippen LogP contribution in [0.2, 0.25) is 0 Å². The average Bonchev–Trinajstić information content (AvgIpc) is 2.51. The van der Waals surface area contributed by atoms with Gasteiger partial charge in [-0.15, -0.1) is 0 Å². The number of H-pyrrole nitrogens is 1. The molecule has 2 N–H and O–H groups in total. The summed E-state index contributed by atoms with van der Waals surface area (Å²) in [4.78, 5) is 29.0. The van der Waals surface area contributed by atoms with Gasteiger partial charge in [-0.25, -0.2) is 0 Å². The summed E-state index contributed by atoms with van der Waals surface area (Å²) in [5.74, 6) is -0.336. The van der Waals surface area contributed by atoms with E-state index in [0.29, 0.717) is 12.1 Å². The van der Waals surface area contributed by atoms with Crippen molar-refractivity contribution in [3.05, 3.63) is 63.6 Å². The zero-order valence-electron chi connectivity index (χ0n) is 14.0. The molecule has 2 aromatic rings. The Morgan fingerprint density at radius 1 is 1.26 bits per heavy atom. The lowest BCUT2D eigenvalue weighted by atomic mass is 10.1. The van der Waals surface area contributed by atoms with E-state index in [1.165, 1.54) is 0 Å². The second-order valence-electron chi connectivity index (χ2n) is 5.84. The third-order valence-corrected chi connectivity index (χ3v) is 3.97. The van der Waals surface area contributed by atoms with E-state index in [0.717, 1.165) is 11.4 Å². The molecule has 0 aliphatic rings. The lowest BCUT2D eigenvalue weighted by molar-refractivity contribution is 0.0949. The van der Waals surface area contributed by atoms with Crippen LogP contribution in [-0.2, 0) is 0 Å². The molecule has 1 amide bonds. The van der Waals surface area contributed by atoms with Crippen LogP contribution in [0.4, 0.5) is 5.69 Å². The minimum absolute atomic E-state index is 0.103. The Morgan fingerprint density at radius 2 is 1.91 bits per heavy atom. The van der Waals surface area contributed by atoms with Crippen molar-refractivity contribution < 1.29 is 4.79 Å². The highest BCUT2D eigenvalue weighted by Gasteiger charge is 2.16. The highest BCUT2D eigenvalue weighted by atomic mass is 16.2. The Kier molecular flexibility index (Phi) is 5.21. The molecule has 1 atom stereocenters. The van der Waals surface area contributed by atoms with Crippen molar-refractivity contribution in [2.24, 2.45) is 0 Å². The third-order valence-electron chi connectivity index (χ3n) is 3.97. The average molecular weight is 313 g/mol. The number of hydrogen-bond acceptors (Lipinski definition) is 3. The van der Waals surface area contributed by atoms with Gasteiger partial charge in [0.05, 0.1) is 0 Å². The molecule has 1 heterocycles. The number of anilines is 1. The Morgan fingerprint density at radius 3 is 2.52 bits per heavy atom.